The molecule has 0 aliphatic carbocycles. The fourth-order valence-electron chi connectivity index (χ4n) is 2.50. The normalized spacial score (nSPS) is 19.1. The molecule has 1 N–H and O–H groups in total. The molecule has 6 nitrogen and oxygen atoms in total. The van der Waals surface area contributed by atoms with Crippen molar-refractivity contribution < 1.29 is 9.53 Å². The highest BCUT2D eigenvalue weighted by Gasteiger charge is 2.30. The number of aryl methyl sites for hydroxylation is 1. The molecule has 1 atom stereocenters. The molecule has 2 rings (SSSR count). The Hall–Kier alpha value is -1.40. The highest BCUT2D eigenvalue weighted by atomic mass is 16.5. The first kappa shape index (κ1) is 14.0. The van der Waals surface area contributed by atoms with E-state index in [-0.39, 0.29) is 11.9 Å². The molecule has 6 heteroatoms. The molecule has 1 aromatic rings. The highest BCUT2D eigenvalue weighted by Crippen LogP contribution is 2.31. The van der Waals surface area contributed by atoms with Gasteiger partial charge in [0.25, 0.3) is 0 Å². The van der Waals surface area contributed by atoms with Gasteiger partial charge < -0.3 is 15.0 Å². The zero-order valence-corrected chi connectivity index (χ0v) is 11.6. The second-order valence-corrected chi connectivity index (χ2v) is 4.86. The predicted molar refractivity (Wildman–Crippen MR) is 71.6 cm³/mol. The average molecular weight is 266 g/mol. The molecule has 19 heavy (non-hydrogen) atoms. The van der Waals surface area contributed by atoms with Crippen molar-refractivity contribution in [2.45, 2.75) is 18.9 Å². The Bertz CT molecular complexity index is 419. The number of carbonyl (C=O) groups excluding carboxylic acids is 1. The molecular weight excluding hydrogens is 244 g/mol. The molecule has 106 valence electrons. The second-order valence-electron chi connectivity index (χ2n) is 4.86. The molecular formula is C13H22N4O2. The van der Waals surface area contributed by atoms with E-state index in [9.17, 15) is 4.79 Å². The largest absolute Gasteiger partial charge is 0.383 e. The summed E-state index contributed by atoms with van der Waals surface area (Å²) in [6, 6.07) is 0.186. The number of hydrogen-bond donors (Lipinski definition) is 1. The van der Waals surface area contributed by atoms with Crippen LogP contribution in [-0.2, 0) is 16.6 Å². The van der Waals surface area contributed by atoms with Gasteiger partial charge in [0.15, 0.2) is 0 Å². The van der Waals surface area contributed by atoms with Gasteiger partial charge in [-0.25, -0.2) is 0 Å². The number of likely N-dealkylation sites (tertiary alicyclic amines) is 1. The van der Waals surface area contributed by atoms with E-state index in [1.807, 2.05) is 24.3 Å². The maximum Gasteiger partial charge on any atom is 0.237 e. The van der Waals surface area contributed by atoms with Crippen molar-refractivity contribution in [1.82, 2.24) is 20.0 Å². The van der Waals surface area contributed by atoms with Gasteiger partial charge >= 0.3 is 0 Å². The van der Waals surface area contributed by atoms with Crippen molar-refractivity contribution in [2.75, 3.05) is 33.4 Å². The molecule has 1 saturated heterocycles. The minimum Gasteiger partial charge on any atom is -0.383 e. The smallest absolute Gasteiger partial charge is 0.237 e. The van der Waals surface area contributed by atoms with E-state index in [2.05, 4.69) is 10.4 Å². The molecule has 0 saturated carbocycles. The molecule has 0 radical (unpaired) electrons. The van der Waals surface area contributed by atoms with Gasteiger partial charge in [-0.15, -0.1) is 0 Å². The first-order valence-electron chi connectivity index (χ1n) is 6.70. The molecule has 0 spiro atoms. The number of rotatable bonds is 6. The van der Waals surface area contributed by atoms with Crippen LogP contribution >= 0.6 is 0 Å². The highest BCUT2D eigenvalue weighted by molar-refractivity contribution is 5.79. The zero-order chi connectivity index (χ0) is 13.7. The third kappa shape index (κ3) is 3.54. The summed E-state index contributed by atoms with van der Waals surface area (Å²) in [7, 11) is 3.55. The summed E-state index contributed by atoms with van der Waals surface area (Å²) < 4.78 is 6.73. The summed E-state index contributed by atoms with van der Waals surface area (Å²) in [5.74, 6) is 0.155. The van der Waals surface area contributed by atoms with Crippen LogP contribution in [-0.4, -0.2) is 53.9 Å². The minimum absolute atomic E-state index is 0.155. The van der Waals surface area contributed by atoms with E-state index < -0.39 is 0 Å². The number of hydrogen-bond acceptors (Lipinski definition) is 4. The fourth-order valence-corrected chi connectivity index (χ4v) is 2.50. The summed E-state index contributed by atoms with van der Waals surface area (Å²) >= 11 is 0. The molecule has 1 aliphatic heterocycles. The zero-order valence-electron chi connectivity index (χ0n) is 11.6. The fraction of sp³-hybridized carbons (Fsp3) is 0.692. The summed E-state index contributed by atoms with van der Waals surface area (Å²) in [5.41, 5.74) is 1.13. The second kappa shape index (κ2) is 6.68. The van der Waals surface area contributed by atoms with Crippen LogP contribution in [0.2, 0.25) is 0 Å². The Morgan fingerprint density at radius 1 is 1.63 bits per heavy atom. The SMILES string of the molecule is COCCNCC(=O)N1CCCC1c1cnn(C)c1. The summed E-state index contributed by atoms with van der Waals surface area (Å²) in [4.78, 5) is 14.1. The van der Waals surface area contributed by atoms with Crippen LogP contribution in [0.5, 0.6) is 0 Å². The number of nitrogens with zero attached hydrogens (tertiary/aromatic N) is 3. The van der Waals surface area contributed by atoms with Crippen LogP contribution < -0.4 is 5.32 Å². The number of ether oxygens (including phenoxy) is 1. The monoisotopic (exact) mass is 266 g/mol. The molecule has 1 unspecified atom stereocenters. The van der Waals surface area contributed by atoms with Crippen molar-refractivity contribution in [3.05, 3.63) is 18.0 Å². The van der Waals surface area contributed by atoms with Gasteiger partial charge in [0.1, 0.15) is 0 Å². The lowest BCUT2D eigenvalue weighted by atomic mass is 10.1. The van der Waals surface area contributed by atoms with Gasteiger partial charge in [-0.05, 0) is 12.8 Å². The van der Waals surface area contributed by atoms with Gasteiger partial charge in [-0.1, -0.05) is 0 Å². The Labute approximate surface area is 113 Å². The third-order valence-corrected chi connectivity index (χ3v) is 3.44. The van der Waals surface area contributed by atoms with Crippen LogP contribution in [0, 0.1) is 0 Å². The summed E-state index contributed by atoms with van der Waals surface area (Å²) in [6.45, 7) is 2.54. The molecule has 1 aromatic heterocycles. The third-order valence-electron chi connectivity index (χ3n) is 3.44. The predicted octanol–water partition coefficient (Wildman–Crippen LogP) is 0.320. The Kier molecular flexibility index (Phi) is 4.93. The average Bonchev–Trinajstić information content (AvgIpc) is 3.02. The van der Waals surface area contributed by atoms with E-state index >= 15 is 0 Å². The van der Waals surface area contributed by atoms with E-state index in [0.29, 0.717) is 19.7 Å². The Morgan fingerprint density at radius 3 is 3.16 bits per heavy atom. The lowest BCUT2D eigenvalue weighted by Crippen LogP contribution is -2.38. The van der Waals surface area contributed by atoms with E-state index in [1.54, 1.807) is 11.8 Å². The Balaban J connectivity index is 1.89. The standard InChI is InChI=1S/C13H22N4O2/c1-16-10-11(8-15-16)12-4-3-6-17(12)13(18)9-14-5-7-19-2/h8,10,12,14H,3-7,9H2,1-2H3. The molecule has 1 aliphatic rings. The molecule has 1 fully saturated rings. The molecule has 0 aromatic carbocycles. The summed E-state index contributed by atoms with van der Waals surface area (Å²) in [5, 5.41) is 7.29. The van der Waals surface area contributed by atoms with Crippen LogP contribution in [0.25, 0.3) is 0 Å². The topological polar surface area (TPSA) is 59.4 Å². The molecule has 1 amide bonds. The number of methoxy groups -OCH3 is 1. The number of amides is 1. The van der Waals surface area contributed by atoms with Crippen LogP contribution in [0.3, 0.4) is 0 Å². The lowest BCUT2D eigenvalue weighted by Gasteiger charge is -2.24. The van der Waals surface area contributed by atoms with Crippen LogP contribution in [0.15, 0.2) is 12.4 Å². The van der Waals surface area contributed by atoms with Crippen molar-refractivity contribution in [2.24, 2.45) is 7.05 Å². The van der Waals surface area contributed by atoms with Crippen molar-refractivity contribution >= 4 is 5.91 Å². The number of nitrogens with one attached hydrogen (secondary N) is 1. The lowest BCUT2D eigenvalue weighted by molar-refractivity contribution is -0.131. The molecule has 2 heterocycles. The van der Waals surface area contributed by atoms with E-state index in [4.69, 9.17) is 4.74 Å². The van der Waals surface area contributed by atoms with Crippen LogP contribution in [0.4, 0.5) is 0 Å². The van der Waals surface area contributed by atoms with Gasteiger partial charge in [-0.3, -0.25) is 9.48 Å². The quantitative estimate of drug-likeness (QED) is 0.753. The van der Waals surface area contributed by atoms with Gasteiger partial charge in [0, 0.05) is 39.0 Å². The first-order chi connectivity index (χ1) is 9.22. The van der Waals surface area contributed by atoms with Crippen LogP contribution in [0.1, 0.15) is 24.4 Å². The maximum absolute atomic E-state index is 12.2. The minimum atomic E-state index is 0.155. The maximum atomic E-state index is 12.2. The van der Waals surface area contributed by atoms with E-state index in [0.717, 1.165) is 24.9 Å². The summed E-state index contributed by atoms with van der Waals surface area (Å²) in [6.07, 6.45) is 5.93. The van der Waals surface area contributed by atoms with Crippen molar-refractivity contribution in [3.8, 4) is 0 Å². The molecule has 0 bridgehead atoms. The van der Waals surface area contributed by atoms with E-state index in [1.165, 1.54) is 0 Å². The van der Waals surface area contributed by atoms with Crippen molar-refractivity contribution in [1.29, 1.82) is 0 Å². The van der Waals surface area contributed by atoms with Gasteiger partial charge in [-0.2, -0.15) is 5.10 Å². The number of aromatic nitrogens is 2. The number of carbonyl (C=O) groups is 1. The van der Waals surface area contributed by atoms with Crippen molar-refractivity contribution in [3.63, 3.8) is 0 Å². The Morgan fingerprint density at radius 2 is 2.47 bits per heavy atom. The first-order valence-corrected chi connectivity index (χ1v) is 6.70. The van der Waals surface area contributed by atoms with Gasteiger partial charge in [0.2, 0.25) is 5.91 Å². The van der Waals surface area contributed by atoms with Gasteiger partial charge in [0.05, 0.1) is 25.4 Å².